The van der Waals surface area contributed by atoms with Gasteiger partial charge in [0.05, 0.1) is 18.1 Å². The SMILES string of the molecule is CN(C)C(=O)c1cncc(NC2CCN(c3nccc(-c4ccccc4)n3)C2)n1. The van der Waals surface area contributed by atoms with Gasteiger partial charge in [0.25, 0.3) is 5.91 Å². The summed E-state index contributed by atoms with van der Waals surface area (Å²) in [6.45, 7) is 1.60. The van der Waals surface area contributed by atoms with Crippen LogP contribution in [0.25, 0.3) is 11.3 Å². The van der Waals surface area contributed by atoms with E-state index in [1.54, 1.807) is 26.5 Å². The van der Waals surface area contributed by atoms with Crippen LogP contribution < -0.4 is 10.2 Å². The third kappa shape index (κ3) is 4.31. The van der Waals surface area contributed by atoms with E-state index in [0.717, 1.165) is 36.7 Å². The van der Waals surface area contributed by atoms with Crippen molar-refractivity contribution < 1.29 is 4.79 Å². The first-order chi connectivity index (χ1) is 14.1. The Hall–Kier alpha value is -3.55. The van der Waals surface area contributed by atoms with E-state index in [4.69, 9.17) is 4.98 Å². The van der Waals surface area contributed by atoms with E-state index in [2.05, 4.69) is 25.2 Å². The molecule has 29 heavy (non-hydrogen) atoms. The molecule has 1 amide bonds. The fraction of sp³-hybridized carbons (Fsp3) is 0.286. The highest BCUT2D eigenvalue weighted by atomic mass is 16.2. The van der Waals surface area contributed by atoms with Crippen molar-refractivity contribution in [3.63, 3.8) is 0 Å². The van der Waals surface area contributed by atoms with Crippen LogP contribution in [0.3, 0.4) is 0 Å². The maximum atomic E-state index is 12.1. The average Bonchev–Trinajstić information content (AvgIpc) is 3.22. The smallest absolute Gasteiger partial charge is 0.273 e. The van der Waals surface area contributed by atoms with Crippen molar-refractivity contribution in [3.05, 3.63) is 60.7 Å². The van der Waals surface area contributed by atoms with Gasteiger partial charge in [0, 0.05) is 45.0 Å². The number of anilines is 2. The molecule has 2 aromatic heterocycles. The number of carbonyl (C=O) groups excluding carboxylic acids is 1. The summed E-state index contributed by atoms with van der Waals surface area (Å²) in [7, 11) is 3.39. The van der Waals surface area contributed by atoms with Gasteiger partial charge in [-0.15, -0.1) is 0 Å². The Morgan fingerprint density at radius 2 is 1.97 bits per heavy atom. The molecular formula is C21H23N7O. The van der Waals surface area contributed by atoms with Crippen molar-refractivity contribution in [2.24, 2.45) is 0 Å². The van der Waals surface area contributed by atoms with Gasteiger partial charge < -0.3 is 15.1 Å². The molecule has 148 valence electrons. The Balaban J connectivity index is 1.44. The molecule has 1 aromatic carbocycles. The first-order valence-corrected chi connectivity index (χ1v) is 9.54. The molecule has 3 aromatic rings. The molecular weight excluding hydrogens is 366 g/mol. The minimum atomic E-state index is -0.166. The maximum Gasteiger partial charge on any atom is 0.273 e. The summed E-state index contributed by atoms with van der Waals surface area (Å²) in [4.78, 5) is 33.5. The number of nitrogens with one attached hydrogen (secondary N) is 1. The molecule has 1 unspecified atom stereocenters. The fourth-order valence-corrected chi connectivity index (χ4v) is 3.31. The van der Waals surface area contributed by atoms with Crippen molar-refractivity contribution in [1.82, 2.24) is 24.8 Å². The molecule has 1 atom stereocenters. The summed E-state index contributed by atoms with van der Waals surface area (Å²) >= 11 is 0. The van der Waals surface area contributed by atoms with Crippen LogP contribution in [0.5, 0.6) is 0 Å². The van der Waals surface area contributed by atoms with Gasteiger partial charge >= 0.3 is 0 Å². The number of nitrogens with zero attached hydrogens (tertiary/aromatic N) is 6. The summed E-state index contributed by atoms with van der Waals surface area (Å²) in [6.07, 6.45) is 5.85. The van der Waals surface area contributed by atoms with Crippen molar-refractivity contribution in [2.75, 3.05) is 37.4 Å². The van der Waals surface area contributed by atoms with Gasteiger partial charge in [-0.2, -0.15) is 0 Å². The van der Waals surface area contributed by atoms with Crippen LogP contribution in [0.4, 0.5) is 11.8 Å². The van der Waals surface area contributed by atoms with Crippen LogP contribution in [-0.4, -0.2) is 64.0 Å². The van der Waals surface area contributed by atoms with E-state index in [1.807, 2.05) is 36.4 Å². The molecule has 1 N–H and O–H groups in total. The van der Waals surface area contributed by atoms with E-state index in [9.17, 15) is 4.79 Å². The van der Waals surface area contributed by atoms with Gasteiger partial charge in [-0.3, -0.25) is 9.78 Å². The fourth-order valence-electron chi connectivity index (χ4n) is 3.31. The minimum absolute atomic E-state index is 0.166. The molecule has 8 nitrogen and oxygen atoms in total. The summed E-state index contributed by atoms with van der Waals surface area (Å²) in [5.74, 6) is 1.15. The molecule has 1 aliphatic rings. The van der Waals surface area contributed by atoms with Gasteiger partial charge in [0.2, 0.25) is 5.95 Å². The summed E-state index contributed by atoms with van der Waals surface area (Å²) in [6, 6.07) is 12.2. The van der Waals surface area contributed by atoms with Crippen molar-refractivity contribution >= 4 is 17.7 Å². The van der Waals surface area contributed by atoms with Crippen molar-refractivity contribution in [1.29, 1.82) is 0 Å². The number of hydrogen-bond acceptors (Lipinski definition) is 7. The normalized spacial score (nSPS) is 15.9. The predicted octanol–water partition coefficient (Wildman–Crippen LogP) is 2.33. The Kier molecular flexibility index (Phi) is 5.33. The lowest BCUT2D eigenvalue weighted by atomic mass is 10.1. The van der Waals surface area contributed by atoms with Gasteiger partial charge in [-0.25, -0.2) is 15.0 Å². The van der Waals surface area contributed by atoms with Crippen LogP contribution >= 0.6 is 0 Å². The second kappa shape index (κ2) is 8.22. The number of hydrogen-bond donors (Lipinski definition) is 1. The first kappa shape index (κ1) is 18.8. The van der Waals surface area contributed by atoms with Crippen LogP contribution in [0.2, 0.25) is 0 Å². The zero-order valence-corrected chi connectivity index (χ0v) is 16.5. The zero-order valence-electron chi connectivity index (χ0n) is 16.5. The lowest BCUT2D eigenvalue weighted by molar-refractivity contribution is 0.0821. The third-order valence-electron chi connectivity index (χ3n) is 4.80. The molecule has 0 saturated carbocycles. The lowest BCUT2D eigenvalue weighted by Crippen LogP contribution is -2.28. The molecule has 0 aliphatic carbocycles. The van der Waals surface area contributed by atoms with E-state index in [0.29, 0.717) is 11.5 Å². The van der Waals surface area contributed by atoms with E-state index in [-0.39, 0.29) is 11.9 Å². The van der Waals surface area contributed by atoms with Crippen LogP contribution in [0.15, 0.2) is 55.0 Å². The van der Waals surface area contributed by atoms with E-state index < -0.39 is 0 Å². The number of rotatable bonds is 5. The lowest BCUT2D eigenvalue weighted by Gasteiger charge is -2.18. The predicted molar refractivity (Wildman–Crippen MR) is 112 cm³/mol. The first-order valence-electron chi connectivity index (χ1n) is 9.54. The van der Waals surface area contributed by atoms with Gasteiger partial charge in [0.1, 0.15) is 11.5 Å². The monoisotopic (exact) mass is 389 g/mol. The second-order valence-corrected chi connectivity index (χ2v) is 7.17. The molecule has 1 saturated heterocycles. The summed E-state index contributed by atoms with van der Waals surface area (Å²) in [5.41, 5.74) is 2.31. The summed E-state index contributed by atoms with van der Waals surface area (Å²) in [5, 5.41) is 3.38. The Morgan fingerprint density at radius 1 is 1.14 bits per heavy atom. The molecule has 0 radical (unpaired) electrons. The van der Waals surface area contributed by atoms with E-state index >= 15 is 0 Å². The topological polar surface area (TPSA) is 87.1 Å². The highest BCUT2D eigenvalue weighted by molar-refractivity contribution is 5.91. The van der Waals surface area contributed by atoms with Gasteiger partial charge in [-0.05, 0) is 12.5 Å². The van der Waals surface area contributed by atoms with Crippen LogP contribution in [-0.2, 0) is 0 Å². The standard InChI is InChI=1S/C21H23N7O/c1-27(2)20(29)18-12-22-13-19(25-18)24-16-9-11-28(14-16)21-23-10-8-17(26-21)15-6-4-3-5-7-15/h3-8,10,12-13,16H,9,11,14H2,1-2H3,(H,24,25). The molecule has 4 rings (SSSR count). The molecule has 3 heterocycles. The second-order valence-electron chi connectivity index (χ2n) is 7.17. The Labute approximate surface area is 169 Å². The Morgan fingerprint density at radius 3 is 2.76 bits per heavy atom. The molecule has 1 aliphatic heterocycles. The van der Waals surface area contributed by atoms with Crippen molar-refractivity contribution in [2.45, 2.75) is 12.5 Å². The highest BCUT2D eigenvalue weighted by Crippen LogP contribution is 2.22. The average molecular weight is 389 g/mol. The third-order valence-corrected chi connectivity index (χ3v) is 4.80. The van der Waals surface area contributed by atoms with Gasteiger partial charge in [-0.1, -0.05) is 30.3 Å². The van der Waals surface area contributed by atoms with Gasteiger partial charge in [0.15, 0.2) is 0 Å². The molecule has 0 bridgehead atoms. The van der Waals surface area contributed by atoms with Crippen LogP contribution in [0.1, 0.15) is 16.9 Å². The zero-order chi connectivity index (χ0) is 20.2. The van der Waals surface area contributed by atoms with Crippen LogP contribution in [0, 0.1) is 0 Å². The maximum absolute atomic E-state index is 12.1. The van der Waals surface area contributed by atoms with E-state index in [1.165, 1.54) is 11.1 Å². The number of aromatic nitrogens is 4. The molecule has 8 heteroatoms. The minimum Gasteiger partial charge on any atom is -0.364 e. The Bertz CT molecular complexity index is 993. The number of carbonyl (C=O) groups is 1. The summed E-state index contributed by atoms with van der Waals surface area (Å²) < 4.78 is 0. The number of benzene rings is 1. The quantitative estimate of drug-likeness (QED) is 0.716. The highest BCUT2D eigenvalue weighted by Gasteiger charge is 2.25. The largest absolute Gasteiger partial charge is 0.364 e. The molecule has 0 spiro atoms. The molecule has 1 fully saturated rings. The van der Waals surface area contributed by atoms with Crippen molar-refractivity contribution in [3.8, 4) is 11.3 Å². The number of amides is 1.